The van der Waals surface area contributed by atoms with Gasteiger partial charge in [0, 0.05) is 11.1 Å². The van der Waals surface area contributed by atoms with Gasteiger partial charge >= 0.3 is 0 Å². The Morgan fingerprint density at radius 3 is 2.33 bits per heavy atom. The number of nitrogens with one attached hydrogen (secondary N) is 2. The summed E-state index contributed by atoms with van der Waals surface area (Å²) < 4.78 is 5.09. The summed E-state index contributed by atoms with van der Waals surface area (Å²) in [6, 6.07) is 12.2. The molecule has 3 N–H and O–H groups in total. The van der Waals surface area contributed by atoms with E-state index in [0.29, 0.717) is 17.0 Å². The number of hydrazone groups is 1. The van der Waals surface area contributed by atoms with Crippen molar-refractivity contribution in [3.63, 3.8) is 0 Å². The van der Waals surface area contributed by atoms with E-state index in [9.17, 15) is 9.90 Å². The number of ether oxygens (including phenoxy) is 1. The molecular weight excluding hydrogens is 342 g/mol. The van der Waals surface area contributed by atoms with Crippen LogP contribution in [0.1, 0.15) is 42.3 Å². The maximum Gasteiger partial charge on any atom is 0.271 e. The molecule has 2 aromatic carbocycles. The third-order valence-electron chi connectivity index (χ3n) is 4.62. The zero-order valence-corrected chi connectivity index (χ0v) is 16.4. The number of carbonyl (C=O) groups excluding carboxylic acids is 1. The lowest BCUT2D eigenvalue weighted by atomic mass is 10.1. The topological polar surface area (TPSA) is 75.4 Å². The Balaban J connectivity index is 2.11. The number of phenolic OH excluding ortho intramolecular Hbond substituents is 1. The summed E-state index contributed by atoms with van der Waals surface area (Å²) in [5, 5.41) is 14.3. The molecule has 0 radical (unpaired) electrons. The second-order valence-corrected chi connectivity index (χ2v) is 6.34. The van der Waals surface area contributed by atoms with Crippen molar-refractivity contribution >= 4 is 11.6 Å². The molecule has 144 valence electrons. The molecule has 0 bridgehead atoms. The minimum Gasteiger partial charge on any atom is -0.507 e. The maximum absolute atomic E-state index is 12.2. The van der Waals surface area contributed by atoms with E-state index < -0.39 is 0 Å². The molecule has 0 heterocycles. The highest BCUT2D eigenvalue weighted by molar-refractivity contribution is 6.01. The molecule has 0 aliphatic rings. The Morgan fingerprint density at radius 1 is 1.11 bits per heavy atom. The van der Waals surface area contributed by atoms with Crippen LogP contribution in [-0.2, 0) is 6.54 Å². The number of rotatable bonds is 8. The van der Waals surface area contributed by atoms with E-state index in [2.05, 4.69) is 24.4 Å². The van der Waals surface area contributed by atoms with Gasteiger partial charge < -0.3 is 14.7 Å². The number of hydrogen-bond donors (Lipinski definition) is 3. The van der Waals surface area contributed by atoms with Gasteiger partial charge in [0.2, 0.25) is 0 Å². The van der Waals surface area contributed by atoms with Crippen molar-refractivity contribution in [2.24, 2.45) is 5.10 Å². The third-order valence-corrected chi connectivity index (χ3v) is 4.62. The van der Waals surface area contributed by atoms with Gasteiger partial charge in [0.15, 0.2) is 0 Å². The summed E-state index contributed by atoms with van der Waals surface area (Å²) in [5.74, 6) is 0.690. The average molecular weight is 370 g/mol. The first-order valence-electron chi connectivity index (χ1n) is 9.13. The fourth-order valence-corrected chi connectivity index (χ4v) is 2.73. The molecule has 0 fully saturated rings. The molecule has 0 atom stereocenters. The molecule has 1 amide bonds. The van der Waals surface area contributed by atoms with Crippen molar-refractivity contribution in [1.29, 1.82) is 0 Å². The van der Waals surface area contributed by atoms with Crippen LogP contribution in [0.15, 0.2) is 47.6 Å². The van der Waals surface area contributed by atoms with E-state index in [0.717, 1.165) is 30.8 Å². The minimum absolute atomic E-state index is 0.285. The van der Waals surface area contributed by atoms with Crippen molar-refractivity contribution < 1.29 is 19.5 Å². The SMILES string of the molecule is CC[NH+](CC)Cc1cc(/C(C)=N/NC(=O)c2ccc(OC)cc2)ccc1O. The number of carbonyl (C=O) groups is 1. The van der Waals surface area contributed by atoms with Gasteiger partial charge in [-0.2, -0.15) is 5.10 Å². The van der Waals surface area contributed by atoms with Gasteiger partial charge in [0.1, 0.15) is 18.0 Å². The van der Waals surface area contributed by atoms with Crippen molar-refractivity contribution in [1.82, 2.24) is 5.43 Å². The van der Waals surface area contributed by atoms with Gasteiger partial charge in [-0.3, -0.25) is 4.79 Å². The highest BCUT2D eigenvalue weighted by atomic mass is 16.5. The lowest BCUT2D eigenvalue weighted by molar-refractivity contribution is -0.910. The van der Waals surface area contributed by atoms with Crippen molar-refractivity contribution in [3.8, 4) is 11.5 Å². The molecule has 6 nitrogen and oxygen atoms in total. The summed E-state index contributed by atoms with van der Waals surface area (Å²) in [7, 11) is 1.58. The Morgan fingerprint density at radius 2 is 1.74 bits per heavy atom. The molecule has 27 heavy (non-hydrogen) atoms. The van der Waals surface area contributed by atoms with E-state index in [4.69, 9.17) is 4.74 Å². The summed E-state index contributed by atoms with van der Waals surface area (Å²) in [4.78, 5) is 13.6. The number of aromatic hydroxyl groups is 1. The van der Waals surface area contributed by atoms with Crippen LogP contribution in [0.3, 0.4) is 0 Å². The molecule has 0 saturated heterocycles. The standard InChI is InChI=1S/C21H27N3O3/c1-5-24(6-2)14-18-13-17(9-12-20(18)25)15(3)22-23-21(26)16-7-10-19(27-4)11-8-16/h7-13,25H,5-6,14H2,1-4H3,(H,23,26)/p+1/b22-15+. The van der Waals surface area contributed by atoms with Crippen LogP contribution in [0.25, 0.3) is 0 Å². The highest BCUT2D eigenvalue weighted by Gasteiger charge is 2.11. The Labute approximate surface area is 160 Å². The van der Waals surface area contributed by atoms with Crippen molar-refractivity contribution in [3.05, 3.63) is 59.2 Å². The summed E-state index contributed by atoms with van der Waals surface area (Å²) in [6.45, 7) is 8.81. The molecular formula is C21H28N3O3+. The van der Waals surface area contributed by atoms with Crippen LogP contribution in [-0.4, -0.2) is 36.9 Å². The van der Waals surface area contributed by atoms with Gasteiger partial charge in [0.25, 0.3) is 5.91 Å². The monoisotopic (exact) mass is 370 g/mol. The maximum atomic E-state index is 12.2. The predicted octanol–water partition coefficient (Wildman–Crippen LogP) is 1.98. The Hall–Kier alpha value is -2.86. The first-order chi connectivity index (χ1) is 13.0. The molecule has 2 aromatic rings. The lowest BCUT2D eigenvalue weighted by Gasteiger charge is -2.16. The van der Waals surface area contributed by atoms with Gasteiger partial charge in [-0.25, -0.2) is 5.43 Å². The van der Waals surface area contributed by atoms with E-state index in [-0.39, 0.29) is 11.7 Å². The Kier molecular flexibility index (Phi) is 7.37. The van der Waals surface area contributed by atoms with E-state index in [1.807, 2.05) is 13.0 Å². The fourth-order valence-electron chi connectivity index (χ4n) is 2.73. The molecule has 2 rings (SSSR count). The second-order valence-electron chi connectivity index (χ2n) is 6.34. The minimum atomic E-state index is -0.288. The van der Waals surface area contributed by atoms with Gasteiger partial charge in [0.05, 0.1) is 25.9 Å². The molecule has 0 aliphatic carbocycles. The number of hydrogen-bond acceptors (Lipinski definition) is 4. The number of amides is 1. The molecule has 0 saturated carbocycles. The predicted molar refractivity (Wildman–Crippen MR) is 107 cm³/mol. The second kappa shape index (κ2) is 9.73. The Bertz CT molecular complexity index is 797. The molecule has 0 unspecified atom stereocenters. The number of methoxy groups -OCH3 is 1. The van der Waals surface area contributed by atoms with E-state index in [1.165, 1.54) is 4.90 Å². The smallest absolute Gasteiger partial charge is 0.271 e. The highest BCUT2D eigenvalue weighted by Crippen LogP contribution is 2.18. The first kappa shape index (κ1) is 20.5. The van der Waals surface area contributed by atoms with Gasteiger partial charge in [-0.1, -0.05) is 0 Å². The van der Waals surface area contributed by atoms with E-state index >= 15 is 0 Å². The number of quaternary nitrogens is 1. The summed E-state index contributed by atoms with van der Waals surface area (Å²) >= 11 is 0. The van der Waals surface area contributed by atoms with Crippen LogP contribution >= 0.6 is 0 Å². The summed E-state index contributed by atoms with van der Waals surface area (Å²) in [5.41, 5.74) is 5.49. The lowest BCUT2D eigenvalue weighted by Crippen LogP contribution is -3.10. The van der Waals surface area contributed by atoms with Gasteiger partial charge in [-0.05, 0) is 68.8 Å². The third kappa shape index (κ3) is 5.56. The molecule has 0 spiro atoms. The zero-order chi connectivity index (χ0) is 19.8. The molecule has 0 aliphatic heterocycles. The van der Waals surface area contributed by atoms with Crippen LogP contribution in [0.2, 0.25) is 0 Å². The van der Waals surface area contributed by atoms with Crippen LogP contribution in [0, 0.1) is 0 Å². The van der Waals surface area contributed by atoms with Crippen LogP contribution < -0.4 is 15.1 Å². The number of phenols is 1. The quantitative estimate of drug-likeness (QED) is 0.491. The molecule has 6 heteroatoms. The average Bonchev–Trinajstić information content (AvgIpc) is 2.71. The van der Waals surface area contributed by atoms with Gasteiger partial charge in [-0.15, -0.1) is 0 Å². The van der Waals surface area contributed by atoms with Crippen molar-refractivity contribution in [2.75, 3.05) is 20.2 Å². The van der Waals surface area contributed by atoms with E-state index in [1.54, 1.807) is 43.5 Å². The fraction of sp³-hybridized carbons (Fsp3) is 0.333. The summed E-state index contributed by atoms with van der Waals surface area (Å²) in [6.07, 6.45) is 0. The van der Waals surface area contributed by atoms with Crippen molar-refractivity contribution in [2.45, 2.75) is 27.3 Å². The first-order valence-corrected chi connectivity index (χ1v) is 9.13. The normalized spacial score (nSPS) is 11.5. The zero-order valence-electron chi connectivity index (χ0n) is 16.4. The number of benzene rings is 2. The largest absolute Gasteiger partial charge is 0.507 e. The number of nitrogens with zero attached hydrogens (tertiary/aromatic N) is 1. The molecule has 0 aromatic heterocycles. The van der Waals surface area contributed by atoms with Crippen LogP contribution in [0.5, 0.6) is 11.5 Å². The van der Waals surface area contributed by atoms with Crippen LogP contribution in [0.4, 0.5) is 0 Å².